The van der Waals surface area contributed by atoms with Gasteiger partial charge in [-0.05, 0) is 24.1 Å². The second-order valence-corrected chi connectivity index (χ2v) is 6.21. The van der Waals surface area contributed by atoms with Crippen LogP contribution in [0.1, 0.15) is 25.3 Å². The lowest BCUT2D eigenvalue weighted by Gasteiger charge is -2.13. The van der Waals surface area contributed by atoms with E-state index in [0.717, 1.165) is 35.8 Å². The summed E-state index contributed by atoms with van der Waals surface area (Å²) in [6, 6.07) is 5.70. The van der Waals surface area contributed by atoms with Crippen LogP contribution >= 0.6 is 11.8 Å². The van der Waals surface area contributed by atoms with Crippen molar-refractivity contribution in [3.05, 3.63) is 23.8 Å². The first-order chi connectivity index (χ1) is 10.7. The summed E-state index contributed by atoms with van der Waals surface area (Å²) in [6.07, 6.45) is 2.12. The smallest absolute Gasteiger partial charge is 0.238 e. The van der Waals surface area contributed by atoms with Crippen LogP contribution < -0.4 is 20.1 Å². The van der Waals surface area contributed by atoms with Gasteiger partial charge in [0, 0.05) is 18.2 Å². The van der Waals surface area contributed by atoms with Crippen LogP contribution in [0.3, 0.4) is 0 Å². The van der Waals surface area contributed by atoms with E-state index in [1.807, 2.05) is 18.2 Å². The maximum atomic E-state index is 12.0. The lowest BCUT2D eigenvalue weighted by atomic mass is 10.2. The number of nitrogens with one attached hydrogen (secondary N) is 2. The summed E-state index contributed by atoms with van der Waals surface area (Å²) >= 11 is 1.74. The lowest BCUT2D eigenvalue weighted by molar-refractivity contribution is -0.122. The molecule has 0 bridgehead atoms. The monoisotopic (exact) mass is 324 g/mol. The van der Waals surface area contributed by atoms with E-state index < -0.39 is 0 Å². The molecule has 1 unspecified atom stereocenters. The Morgan fingerprint density at radius 1 is 1.45 bits per heavy atom. The number of hydrogen-bond donors (Lipinski definition) is 2. The Balaban J connectivity index is 1.89. The highest BCUT2D eigenvalue weighted by atomic mass is 32.2. The van der Waals surface area contributed by atoms with Gasteiger partial charge in [0.1, 0.15) is 0 Å². The molecule has 1 saturated heterocycles. The van der Waals surface area contributed by atoms with Gasteiger partial charge in [0.25, 0.3) is 0 Å². The number of benzene rings is 1. The van der Waals surface area contributed by atoms with Crippen LogP contribution in [0.2, 0.25) is 0 Å². The zero-order valence-electron chi connectivity index (χ0n) is 13.2. The predicted molar refractivity (Wildman–Crippen MR) is 89.5 cm³/mol. The van der Waals surface area contributed by atoms with Gasteiger partial charge in [-0.2, -0.15) is 0 Å². The zero-order valence-corrected chi connectivity index (χ0v) is 14.0. The molecule has 1 aromatic carbocycles. The minimum absolute atomic E-state index is 0.0484. The molecule has 0 spiro atoms. The molecule has 0 aromatic heterocycles. The highest BCUT2D eigenvalue weighted by molar-refractivity contribution is 7.99. The van der Waals surface area contributed by atoms with Crippen LogP contribution in [-0.4, -0.2) is 37.3 Å². The van der Waals surface area contributed by atoms with Gasteiger partial charge in [0.05, 0.1) is 19.8 Å². The van der Waals surface area contributed by atoms with Gasteiger partial charge < -0.3 is 14.8 Å². The van der Waals surface area contributed by atoms with Crippen molar-refractivity contribution in [1.29, 1.82) is 0 Å². The quantitative estimate of drug-likeness (QED) is 0.718. The summed E-state index contributed by atoms with van der Waals surface area (Å²) < 4.78 is 11.1. The molecule has 1 aromatic rings. The molecule has 1 atom stereocenters. The van der Waals surface area contributed by atoms with Gasteiger partial charge in [-0.1, -0.05) is 19.4 Å². The zero-order chi connectivity index (χ0) is 15.8. The molecule has 2 N–H and O–H groups in total. The highest BCUT2D eigenvalue weighted by Gasteiger charge is 2.21. The SMILES string of the molecule is CCCCOc1ccc(CNC(=O)C2CSCN2)cc1OC. The number of amides is 1. The Kier molecular flexibility index (Phi) is 6.86. The summed E-state index contributed by atoms with van der Waals surface area (Å²) in [5, 5.41) is 6.11. The molecular formula is C16H24N2O3S. The Labute approximate surface area is 136 Å². The average molecular weight is 324 g/mol. The van der Waals surface area contributed by atoms with Crippen molar-refractivity contribution in [2.45, 2.75) is 32.4 Å². The van der Waals surface area contributed by atoms with Crippen LogP contribution in [0.25, 0.3) is 0 Å². The van der Waals surface area contributed by atoms with Gasteiger partial charge in [-0.15, -0.1) is 11.8 Å². The van der Waals surface area contributed by atoms with Crippen molar-refractivity contribution in [2.24, 2.45) is 0 Å². The van der Waals surface area contributed by atoms with Crippen molar-refractivity contribution in [2.75, 3.05) is 25.3 Å². The molecule has 0 radical (unpaired) electrons. The number of rotatable bonds is 8. The maximum Gasteiger partial charge on any atom is 0.238 e. The van der Waals surface area contributed by atoms with Gasteiger partial charge in [0.15, 0.2) is 11.5 Å². The maximum absolute atomic E-state index is 12.0. The molecule has 0 saturated carbocycles. The topological polar surface area (TPSA) is 59.6 Å². The van der Waals surface area contributed by atoms with E-state index in [4.69, 9.17) is 9.47 Å². The Hall–Kier alpha value is -1.40. The van der Waals surface area contributed by atoms with E-state index in [9.17, 15) is 4.79 Å². The van der Waals surface area contributed by atoms with Crippen molar-refractivity contribution >= 4 is 17.7 Å². The Bertz CT molecular complexity index is 490. The third-order valence-corrected chi connectivity index (χ3v) is 4.42. The second-order valence-electron chi connectivity index (χ2n) is 5.18. The molecule has 1 aliphatic heterocycles. The molecule has 5 nitrogen and oxygen atoms in total. The van der Waals surface area contributed by atoms with Crippen LogP contribution in [0.15, 0.2) is 18.2 Å². The van der Waals surface area contributed by atoms with Gasteiger partial charge >= 0.3 is 0 Å². The molecule has 1 heterocycles. The molecule has 1 aliphatic rings. The first kappa shape index (κ1) is 17.0. The minimum Gasteiger partial charge on any atom is -0.493 e. The van der Waals surface area contributed by atoms with Gasteiger partial charge in [-0.3, -0.25) is 10.1 Å². The summed E-state index contributed by atoms with van der Waals surface area (Å²) in [7, 11) is 1.63. The number of hydrogen-bond acceptors (Lipinski definition) is 5. The van der Waals surface area contributed by atoms with E-state index in [2.05, 4.69) is 17.6 Å². The molecule has 22 heavy (non-hydrogen) atoms. The number of unbranched alkanes of at least 4 members (excludes halogenated alkanes) is 1. The second kappa shape index (κ2) is 8.90. The van der Waals surface area contributed by atoms with E-state index in [-0.39, 0.29) is 11.9 Å². The number of carbonyl (C=O) groups excluding carboxylic acids is 1. The van der Waals surface area contributed by atoms with E-state index in [1.54, 1.807) is 18.9 Å². The Morgan fingerprint density at radius 2 is 2.32 bits per heavy atom. The predicted octanol–water partition coefficient (Wildman–Crippen LogP) is 2.15. The largest absolute Gasteiger partial charge is 0.493 e. The standard InChI is InChI=1S/C16H24N2O3S/c1-3-4-7-21-14-6-5-12(8-15(14)20-2)9-17-16(19)13-10-22-11-18-13/h5-6,8,13,18H,3-4,7,9-11H2,1-2H3,(H,17,19). The molecule has 0 aliphatic carbocycles. The molecule has 1 amide bonds. The van der Waals surface area contributed by atoms with E-state index >= 15 is 0 Å². The van der Waals surface area contributed by atoms with Crippen LogP contribution in [0, 0.1) is 0 Å². The van der Waals surface area contributed by atoms with Crippen molar-refractivity contribution in [3.63, 3.8) is 0 Å². The number of ether oxygens (including phenoxy) is 2. The van der Waals surface area contributed by atoms with Crippen molar-refractivity contribution in [1.82, 2.24) is 10.6 Å². The number of carbonyl (C=O) groups is 1. The lowest BCUT2D eigenvalue weighted by Crippen LogP contribution is -2.41. The van der Waals surface area contributed by atoms with Crippen LogP contribution in [0.4, 0.5) is 0 Å². The van der Waals surface area contributed by atoms with Crippen LogP contribution in [-0.2, 0) is 11.3 Å². The summed E-state index contributed by atoms with van der Waals surface area (Å²) in [5.41, 5.74) is 0.999. The summed E-state index contributed by atoms with van der Waals surface area (Å²) in [5.74, 6) is 3.18. The summed E-state index contributed by atoms with van der Waals surface area (Å²) in [4.78, 5) is 12.0. The van der Waals surface area contributed by atoms with Crippen molar-refractivity contribution in [3.8, 4) is 11.5 Å². The minimum atomic E-state index is -0.0801. The third-order valence-electron chi connectivity index (χ3n) is 3.48. The van der Waals surface area contributed by atoms with Gasteiger partial charge in [-0.25, -0.2) is 0 Å². The average Bonchev–Trinajstić information content (AvgIpc) is 3.08. The molecular weight excluding hydrogens is 300 g/mol. The van der Waals surface area contributed by atoms with Crippen LogP contribution in [0.5, 0.6) is 11.5 Å². The number of thioether (sulfide) groups is 1. The van der Waals surface area contributed by atoms with E-state index in [1.165, 1.54) is 0 Å². The third kappa shape index (κ3) is 4.81. The normalized spacial score (nSPS) is 17.3. The van der Waals surface area contributed by atoms with E-state index in [0.29, 0.717) is 18.9 Å². The van der Waals surface area contributed by atoms with Gasteiger partial charge in [0.2, 0.25) is 5.91 Å². The molecule has 1 fully saturated rings. The molecule has 2 rings (SSSR count). The first-order valence-electron chi connectivity index (χ1n) is 7.63. The fraction of sp³-hybridized carbons (Fsp3) is 0.562. The fourth-order valence-electron chi connectivity index (χ4n) is 2.14. The highest BCUT2D eigenvalue weighted by Crippen LogP contribution is 2.28. The summed E-state index contributed by atoms with van der Waals surface area (Å²) in [6.45, 7) is 3.31. The first-order valence-corrected chi connectivity index (χ1v) is 8.78. The van der Waals surface area contributed by atoms with Crippen molar-refractivity contribution < 1.29 is 14.3 Å². The fourth-order valence-corrected chi connectivity index (χ4v) is 3.09. The number of methoxy groups -OCH3 is 1. The molecule has 6 heteroatoms. The Morgan fingerprint density at radius 3 is 3.00 bits per heavy atom. The molecule has 122 valence electrons.